The van der Waals surface area contributed by atoms with Crippen molar-refractivity contribution in [1.82, 2.24) is 15.1 Å². The van der Waals surface area contributed by atoms with Gasteiger partial charge >= 0.3 is 0 Å². The molecule has 7 heteroatoms. The fraction of sp³-hybridized carbons (Fsp3) is 0.765. The molecular formula is C17H27N3O4. The maximum atomic E-state index is 12.7. The van der Waals surface area contributed by atoms with Crippen molar-refractivity contribution in [2.24, 2.45) is 7.05 Å². The summed E-state index contributed by atoms with van der Waals surface area (Å²) in [6, 6.07) is 0. The van der Waals surface area contributed by atoms with Gasteiger partial charge in [0.15, 0.2) is 0 Å². The molecule has 3 rings (SSSR count). The van der Waals surface area contributed by atoms with Crippen LogP contribution < -0.4 is 5.32 Å². The normalized spacial score (nSPS) is 32.1. The molecule has 134 valence electrons. The lowest BCUT2D eigenvalue weighted by molar-refractivity contribution is -0.133. The average Bonchev–Trinajstić information content (AvgIpc) is 2.80. The Kier molecular flexibility index (Phi) is 4.68. The number of hydrogen-bond acceptors (Lipinski definition) is 5. The third-order valence-corrected chi connectivity index (χ3v) is 4.90. The molecule has 0 radical (unpaired) electrons. The molecule has 7 nitrogen and oxygen atoms in total. The molecular weight excluding hydrogens is 310 g/mol. The van der Waals surface area contributed by atoms with Crippen LogP contribution in [0.3, 0.4) is 0 Å². The highest BCUT2D eigenvalue weighted by Crippen LogP contribution is 2.34. The fourth-order valence-corrected chi connectivity index (χ4v) is 3.76. The third-order valence-electron chi connectivity index (χ3n) is 4.90. The zero-order valence-corrected chi connectivity index (χ0v) is 14.8. The van der Waals surface area contributed by atoms with Gasteiger partial charge < -0.3 is 19.9 Å². The number of fused-ring (bicyclic) bond motifs is 1. The Bertz CT molecular complexity index is 622. The van der Waals surface area contributed by atoms with E-state index < -0.39 is 5.60 Å². The smallest absolute Gasteiger partial charge is 0.269 e. The first-order valence-corrected chi connectivity index (χ1v) is 8.66. The molecule has 0 bridgehead atoms. The van der Waals surface area contributed by atoms with Gasteiger partial charge in [-0.05, 0) is 20.8 Å². The molecule has 0 saturated heterocycles. The number of aromatic nitrogens is 2. The Morgan fingerprint density at radius 2 is 2.21 bits per heavy atom. The molecule has 2 heterocycles. The van der Waals surface area contributed by atoms with Crippen molar-refractivity contribution in [2.75, 3.05) is 13.2 Å². The number of aryl methyl sites for hydroxylation is 1. The first-order chi connectivity index (χ1) is 11.3. The van der Waals surface area contributed by atoms with E-state index in [9.17, 15) is 9.90 Å². The molecule has 1 aliphatic heterocycles. The van der Waals surface area contributed by atoms with Gasteiger partial charge in [-0.3, -0.25) is 9.48 Å². The molecule has 1 amide bonds. The van der Waals surface area contributed by atoms with Crippen LogP contribution in [0.1, 0.15) is 61.5 Å². The largest absolute Gasteiger partial charge is 0.388 e. The highest BCUT2D eigenvalue weighted by atomic mass is 16.5. The van der Waals surface area contributed by atoms with Gasteiger partial charge in [-0.25, -0.2) is 0 Å². The lowest BCUT2D eigenvalue weighted by atomic mass is 9.77. The van der Waals surface area contributed by atoms with Crippen LogP contribution in [0.4, 0.5) is 0 Å². The van der Waals surface area contributed by atoms with Crippen LogP contribution in [-0.4, -0.2) is 51.8 Å². The van der Waals surface area contributed by atoms with Crippen LogP contribution in [-0.2, 0) is 22.9 Å². The Morgan fingerprint density at radius 1 is 1.50 bits per heavy atom. The van der Waals surface area contributed by atoms with Crippen LogP contribution in [0, 0.1) is 0 Å². The van der Waals surface area contributed by atoms with Gasteiger partial charge in [0.05, 0.1) is 29.6 Å². The monoisotopic (exact) mass is 337 g/mol. The van der Waals surface area contributed by atoms with Crippen LogP contribution in [0.25, 0.3) is 0 Å². The number of hydrogen-bond donors (Lipinski definition) is 2. The number of rotatable bonds is 5. The van der Waals surface area contributed by atoms with Gasteiger partial charge in [0.2, 0.25) is 0 Å². The number of nitrogens with one attached hydrogen (secondary N) is 1. The number of nitrogens with zero attached hydrogens (tertiary/aromatic N) is 2. The number of ether oxygens (including phenoxy) is 2. The van der Waals surface area contributed by atoms with Gasteiger partial charge in [-0.1, -0.05) is 0 Å². The zero-order valence-electron chi connectivity index (χ0n) is 14.8. The maximum absolute atomic E-state index is 12.7. The molecule has 2 aliphatic rings. The van der Waals surface area contributed by atoms with Crippen molar-refractivity contribution in [2.45, 2.75) is 63.9 Å². The topological polar surface area (TPSA) is 85.6 Å². The summed E-state index contributed by atoms with van der Waals surface area (Å²) in [6.07, 6.45) is 1.84. The predicted molar refractivity (Wildman–Crippen MR) is 87.8 cm³/mol. The average molecular weight is 337 g/mol. The predicted octanol–water partition coefficient (Wildman–Crippen LogP) is 1.10. The van der Waals surface area contributed by atoms with Crippen molar-refractivity contribution < 1.29 is 19.4 Å². The summed E-state index contributed by atoms with van der Waals surface area (Å²) in [5, 5.41) is 17.7. The number of aliphatic hydroxyl groups is 1. The van der Waals surface area contributed by atoms with E-state index >= 15 is 0 Å². The van der Waals surface area contributed by atoms with Crippen LogP contribution >= 0.6 is 0 Å². The number of carbonyl (C=O) groups is 1. The summed E-state index contributed by atoms with van der Waals surface area (Å²) in [7, 11) is 1.77. The van der Waals surface area contributed by atoms with E-state index in [1.54, 1.807) is 11.7 Å². The second-order valence-electron chi connectivity index (χ2n) is 7.02. The lowest BCUT2D eigenvalue weighted by Crippen LogP contribution is -2.55. The summed E-state index contributed by atoms with van der Waals surface area (Å²) in [6.45, 7) is 6.77. The van der Waals surface area contributed by atoms with Gasteiger partial charge in [0.1, 0.15) is 5.69 Å². The number of amides is 1. The molecule has 0 aromatic carbocycles. The van der Waals surface area contributed by atoms with Gasteiger partial charge in [-0.15, -0.1) is 0 Å². The van der Waals surface area contributed by atoms with E-state index in [4.69, 9.17) is 9.47 Å². The van der Waals surface area contributed by atoms with Gasteiger partial charge in [0.25, 0.3) is 5.91 Å². The second-order valence-corrected chi connectivity index (χ2v) is 7.02. The van der Waals surface area contributed by atoms with Crippen molar-refractivity contribution >= 4 is 5.91 Å². The molecule has 1 saturated carbocycles. The summed E-state index contributed by atoms with van der Waals surface area (Å²) >= 11 is 0. The Labute approximate surface area is 142 Å². The van der Waals surface area contributed by atoms with E-state index in [0.717, 1.165) is 11.3 Å². The molecule has 1 aromatic heterocycles. The molecule has 24 heavy (non-hydrogen) atoms. The summed E-state index contributed by atoms with van der Waals surface area (Å²) in [5.41, 5.74) is 1.49. The van der Waals surface area contributed by atoms with Gasteiger partial charge in [0, 0.05) is 45.0 Å². The van der Waals surface area contributed by atoms with Crippen molar-refractivity contribution in [3.05, 3.63) is 17.0 Å². The molecule has 1 fully saturated rings. The van der Waals surface area contributed by atoms with Crippen molar-refractivity contribution in [1.29, 1.82) is 0 Å². The molecule has 2 atom stereocenters. The Hall–Kier alpha value is -1.44. The maximum Gasteiger partial charge on any atom is 0.269 e. The quantitative estimate of drug-likeness (QED) is 0.840. The first-order valence-electron chi connectivity index (χ1n) is 8.66. The van der Waals surface area contributed by atoms with E-state index in [-0.39, 0.29) is 30.8 Å². The fourth-order valence-electron chi connectivity index (χ4n) is 3.76. The zero-order chi connectivity index (χ0) is 17.5. The lowest BCUT2D eigenvalue weighted by Gasteiger charge is -2.43. The summed E-state index contributed by atoms with van der Waals surface area (Å²) < 4.78 is 12.9. The summed E-state index contributed by atoms with van der Waals surface area (Å²) in [5.74, 6) is -0.194. The molecule has 1 aliphatic carbocycles. The van der Waals surface area contributed by atoms with Gasteiger partial charge in [-0.2, -0.15) is 5.10 Å². The number of carbonyl (C=O) groups excluding carboxylic acids is 1. The molecule has 1 aromatic rings. The van der Waals surface area contributed by atoms with E-state index in [0.29, 0.717) is 31.6 Å². The second kappa shape index (κ2) is 6.46. The van der Waals surface area contributed by atoms with Crippen molar-refractivity contribution in [3.8, 4) is 0 Å². The van der Waals surface area contributed by atoms with Crippen LogP contribution in [0.5, 0.6) is 0 Å². The van der Waals surface area contributed by atoms with Crippen LogP contribution in [0.2, 0.25) is 0 Å². The summed E-state index contributed by atoms with van der Waals surface area (Å²) in [4.78, 5) is 12.7. The Morgan fingerprint density at radius 3 is 2.88 bits per heavy atom. The standard InChI is InChI=1S/C17H27N3O4/c1-5-23-12-7-17(22,8-12)9-18-16(21)15-13-6-10(2)24-11(3)14(13)19-20(15)4/h10-12,22H,5-9H2,1-4H3,(H,18,21)/t10-,11+,12?,17?/m1/s1. The molecule has 0 spiro atoms. The highest BCUT2D eigenvalue weighted by Gasteiger charge is 2.43. The van der Waals surface area contributed by atoms with E-state index in [1.165, 1.54) is 0 Å². The minimum atomic E-state index is -0.863. The van der Waals surface area contributed by atoms with Crippen LogP contribution in [0.15, 0.2) is 0 Å². The van der Waals surface area contributed by atoms with E-state index in [1.807, 2.05) is 20.8 Å². The molecule has 0 unspecified atom stereocenters. The third kappa shape index (κ3) is 3.20. The minimum Gasteiger partial charge on any atom is -0.388 e. The molecule has 2 N–H and O–H groups in total. The van der Waals surface area contributed by atoms with Crippen molar-refractivity contribution in [3.63, 3.8) is 0 Å². The SMILES string of the molecule is CCOC1CC(O)(CNC(=O)c2c3c(nn2C)[C@H](C)O[C@H](C)C3)C1. The minimum absolute atomic E-state index is 0.0611. The highest BCUT2D eigenvalue weighted by molar-refractivity contribution is 5.94. The first kappa shape index (κ1) is 17.4. The van der Waals surface area contributed by atoms with E-state index in [2.05, 4.69) is 10.4 Å². The Balaban J connectivity index is 1.66.